The largest absolute Gasteiger partial charge is 0.479 e. The molecule has 3 rings (SSSR count). The number of carboxylic acid groups (broad SMARTS) is 1. The van der Waals surface area contributed by atoms with Gasteiger partial charge >= 0.3 is 5.97 Å². The van der Waals surface area contributed by atoms with E-state index in [1.54, 1.807) is 0 Å². The van der Waals surface area contributed by atoms with Gasteiger partial charge in [0.15, 0.2) is 11.2 Å². The second kappa shape index (κ2) is 5.49. The number of carbonyl (C=O) groups excluding carboxylic acids is 1. The number of thiazole rings is 1. The first-order valence-corrected chi connectivity index (χ1v) is 7.63. The molecule has 1 aliphatic heterocycles. The second-order valence-corrected chi connectivity index (χ2v) is 6.20. The van der Waals surface area contributed by atoms with Gasteiger partial charge in [-0.3, -0.25) is 10.1 Å². The average molecular weight is 296 g/mol. The summed E-state index contributed by atoms with van der Waals surface area (Å²) < 4.78 is 5.22. The molecule has 0 radical (unpaired) electrons. The number of aromatic nitrogens is 1. The van der Waals surface area contributed by atoms with Crippen LogP contribution in [0.3, 0.4) is 0 Å². The fourth-order valence-electron chi connectivity index (χ4n) is 2.60. The van der Waals surface area contributed by atoms with E-state index in [-0.39, 0.29) is 5.91 Å². The topological polar surface area (TPSA) is 88.5 Å². The minimum Gasteiger partial charge on any atom is -0.479 e. The van der Waals surface area contributed by atoms with Crippen molar-refractivity contribution in [2.45, 2.75) is 50.7 Å². The van der Waals surface area contributed by atoms with E-state index in [0.717, 1.165) is 25.0 Å². The van der Waals surface area contributed by atoms with E-state index in [1.165, 1.54) is 22.6 Å². The molecule has 1 aromatic heterocycles. The second-order valence-electron chi connectivity index (χ2n) is 5.11. The molecule has 2 atom stereocenters. The highest BCUT2D eigenvalue weighted by Crippen LogP contribution is 2.30. The number of carboxylic acids is 1. The lowest BCUT2D eigenvalue weighted by Crippen LogP contribution is -2.29. The van der Waals surface area contributed by atoms with Gasteiger partial charge in [0.1, 0.15) is 6.10 Å². The molecule has 108 valence electrons. The monoisotopic (exact) mass is 296 g/mol. The van der Waals surface area contributed by atoms with Crippen molar-refractivity contribution in [2.75, 3.05) is 5.32 Å². The number of hydrogen-bond acceptors (Lipinski definition) is 5. The molecular weight excluding hydrogens is 280 g/mol. The summed E-state index contributed by atoms with van der Waals surface area (Å²) in [6.45, 7) is 0. The zero-order chi connectivity index (χ0) is 14.1. The number of nitrogens with zero attached hydrogens (tertiary/aromatic N) is 1. The fraction of sp³-hybridized carbons (Fsp3) is 0.615. The van der Waals surface area contributed by atoms with Gasteiger partial charge < -0.3 is 9.84 Å². The van der Waals surface area contributed by atoms with E-state index in [2.05, 4.69) is 10.3 Å². The molecule has 1 aliphatic carbocycles. The van der Waals surface area contributed by atoms with Crippen LogP contribution in [0.15, 0.2) is 0 Å². The number of aliphatic carboxylic acids is 1. The molecule has 2 heterocycles. The summed E-state index contributed by atoms with van der Waals surface area (Å²) in [6.07, 6.45) is 3.60. The van der Waals surface area contributed by atoms with Gasteiger partial charge in [0.25, 0.3) is 5.91 Å². The molecule has 1 amide bonds. The van der Waals surface area contributed by atoms with E-state index >= 15 is 0 Å². The summed E-state index contributed by atoms with van der Waals surface area (Å²) in [6, 6.07) is 0. The van der Waals surface area contributed by atoms with Crippen molar-refractivity contribution in [3.05, 3.63) is 10.6 Å². The lowest BCUT2D eigenvalue weighted by atomic mass is 10.0. The third kappa shape index (κ3) is 2.69. The first-order chi connectivity index (χ1) is 9.63. The van der Waals surface area contributed by atoms with Gasteiger partial charge in [-0.15, -0.1) is 11.3 Å². The van der Waals surface area contributed by atoms with Crippen LogP contribution in [0.1, 0.15) is 36.3 Å². The molecule has 2 N–H and O–H groups in total. The van der Waals surface area contributed by atoms with Crippen LogP contribution in [-0.4, -0.2) is 34.2 Å². The van der Waals surface area contributed by atoms with Gasteiger partial charge in [0.2, 0.25) is 0 Å². The minimum atomic E-state index is -1.01. The van der Waals surface area contributed by atoms with Gasteiger partial charge in [-0.2, -0.15) is 0 Å². The highest BCUT2D eigenvalue weighted by atomic mass is 32.1. The molecule has 20 heavy (non-hydrogen) atoms. The SMILES string of the molecule is O=C(O)C1CCC(C(=O)Nc2nc3c(s2)CCCC3)O1. The molecule has 2 aliphatic rings. The van der Waals surface area contributed by atoms with Crippen molar-refractivity contribution in [3.8, 4) is 0 Å². The number of ether oxygens (including phenoxy) is 1. The first-order valence-electron chi connectivity index (χ1n) is 6.81. The molecule has 2 unspecified atom stereocenters. The Morgan fingerprint density at radius 1 is 1.25 bits per heavy atom. The molecule has 0 spiro atoms. The average Bonchev–Trinajstić information content (AvgIpc) is 3.04. The van der Waals surface area contributed by atoms with Crippen LogP contribution in [-0.2, 0) is 27.2 Å². The molecule has 7 heteroatoms. The van der Waals surface area contributed by atoms with E-state index in [1.807, 2.05) is 0 Å². The maximum absolute atomic E-state index is 12.0. The number of aryl methyl sites for hydroxylation is 2. The van der Waals surface area contributed by atoms with Crippen LogP contribution in [0.2, 0.25) is 0 Å². The number of fused-ring (bicyclic) bond motifs is 1. The van der Waals surface area contributed by atoms with Crippen LogP contribution in [0.25, 0.3) is 0 Å². The van der Waals surface area contributed by atoms with Crippen LogP contribution < -0.4 is 5.32 Å². The van der Waals surface area contributed by atoms with Gasteiger partial charge in [-0.1, -0.05) is 0 Å². The standard InChI is InChI=1S/C13H16N2O4S/c16-11(8-5-6-9(19-8)12(17)18)15-13-14-7-3-1-2-4-10(7)20-13/h8-9H,1-6H2,(H,17,18)(H,14,15,16). The minimum absolute atomic E-state index is 0.292. The van der Waals surface area contributed by atoms with Crippen molar-refractivity contribution < 1.29 is 19.4 Å². The first kappa shape index (κ1) is 13.5. The highest BCUT2D eigenvalue weighted by molar-refractivity contribution is 7.15. The smallest absolute Gasteiger partial charge is 0.332 e. The summed E-state index contributed by atoms with van der Waals surface area (Å²) in [5.41, 5.74) is 1.09. The van der Waals surface area contributed by atoms with Gasteiger partial charge in [-0.25, -0.2) is 9.78 Å². The fourth-order valence-corrected chi connectivity index (χ4v) is 3.66. The van der Waals surface area contributed by atoms with E-state index in [4.69, 9.17) is 9.84 Å². The Kier molecular flexibility index (Phi) is 3.71. The third-order valence-corrected chi connectivity index (χ3v) is 4.74. The number of rotatable bonds is 3. The van der Waals surface area contributed by atoms with Crippen LogP contribution in [0.5, 0.6) is 0 Å². The van der Waals surface area contributed by atoms with Gasteiger partial charge in [-0.05, 0) is 38.5 Å². The van der Waals surface area contributed by atoms with Gasteiger partial charge in [0.05, 0.1) is 5.69 Å². The Balaban J connectivity index is 1.62. The maximum Gasteiger partial charge on any atom is 0.332 e. The number of amides is 1. The van der Waals surface area contributed by atoms with Crippen molar-refractivity contribution in [3.63, 3.8) is 0 Å². The molecule has 1 saturated heterocycles. The number of carbonyl (C=O) groups is 2. The van der Waals surface area contributed by atoms with Crippen molar-refractivity contribution in [2.24, 2.45) is 0 Å². The highest BCUT2D eigenvalue weighted by Gasteiger charge is 2.35. The number of anilines is 1. The number of nitrogens with one attached hydrogen (secondary N) is 1. The van der Waals surface area contributed by atoms with Crippen molar-refractivity contribution in [1.82, 2.24) is 4.98 Å². The molecule has 0 saturated carbocycles. The molecular formula is C13H16N2O4S. The molecule has 1 aromatic rings. The van der Waals surface area contributed by atoms with Crippen LogP contribution in [0, 0.1) is 0 Å². The van der Waals surface area contributed by atoms with E-state index in [0.29, 0.717) is 18.0 Å². The lowest BCUT2D eigenvalue weighted by molar-refractivity contribution is -0.150. The summed E-state index contributed by atoms with van der Waals surface area (Å²) in [7, 11) is 0. The maximum atomic E-state index is 12.0. The van der Waals surface area contributed by atoms with Gasteiger partial charge in [0, 0.05) is 4.88 Å². The molecule has 0 bridgehead atoms. The Labute approximate surface area is 120 Å². The molecule has 1 fully saturated rings. The normalized spacial score (nSPS) is 25.2. The molecule has 0 aromatic carbocycles. The summed E-state index contributed by atoms with van der Waals surface area (Å²) in [4.78, 5) is 28.5. The summed E-state index contributed by atoms with van der Waals surface area (Å²) in [5, 5.41) is 12.2. The predicted molar refractivity (Wildman–Crippen MR) is 72.9 cm³/mol. The lowest BCUT2D eigenvalue weighted by Gasteiger charge is -2.09. The third-order valence-electron chi connectivity index (χ3n) is 3.66. The van der Waals surface area contributed by atoms with Crippen LogP contribution >= 0.6 is 11.3 Å². The Bertz CT molecular complexity index is 519. The Morgan fingerprint density at radius 2 is 2.00 bits per heavy atom. The zero-order valence-corrected chi connectivity index (χ0v) is 11.7. The quantitative estimate of drug-likeness (QED) is 0.884. The van der Waals surface area contributed by atoms with Crippen LogP contribution in [0.4, 0.5) is 5.13 Å². The Hall–Kier alpha value is -1.47. The van der Waals surface area contributed by atoms with E-state index < -0.39 is 18.2 Å². The molecule has 6 nitrogen and oxygen atoms in total. The van der Waals surface area contributed by atoms with Crippen molar-refractivity contribution in [1.29, 1.82) is 0 Å². The zero-order valence-electron chi connectivity index (χ0n) is 10.9. The summed E-state index contributed by atoms with van der Waals surface area (Å²) >= 11 is 1.51. The number of hydrogen-bond donors (Lipinski definition) is 2. The van der Waals surface area contributed by atoms with E-state index in [9.17, 15) is 9.59 Å². The predicted octanol–water partition coefficient (Wildman–Crippen LogP) is 1.59. The van der Waals surface area contributed by atoms with Crippen molar-refractivity contribution >= 4 is 28.3 Å². The Morgan fingerprint density at radius 3 is 2.70 bits per heavy atom. The summed E-state index contributed by atoms with van der Waals surface area (Å²) in [5.74, 6) is -1.30.